The van der Waals surface area contributed by atoms with E-state index in [0.717, 1.165) is 16.8 Å². The van der Waals surface area contributed by atoms with Gasteiger partial charge in [0.05, 0.1) is 18.3 Å². The highest BCUT2D eigenvalue weighted by Crippen LogP contribution is 2.21. The number of aromatic nitrogens is 1. The van der Waals surface area contributed by atoms with E-state index in [1.54, 1.807) is 12.3 Å². The number of amides is 2. The van der Waals surface area contributed by atoms with E-state index in [0.29, 0.717) is 6.54 Å². The number of hydrogen-bond acceptors (Lipinski definition) is 3. The van der Waals surface area contributed by atoms with Crippen molar-refractivity contribution in [1.29, 1.82) is 0 Å². The van der Waals surface area contributed by atoms with Crippen LogP contribution in [-0.4, -0.2) is 40.7 Å². The van der Waals surface area contributed by atoms with Crippen LogP contribution < -0.4 is 5.32 Å². The number of aliphatic hydroxyl groups excluding tert-OH is 1. The molecular weight excluding hydrogens is 302 g/mol. The summed E-state index contributed by atoms with van der Waals surface area (Å²) >= 11 is 0. The molecule has 5 nitrogen and oxygen atoms in total. The number of hydrogen-bond donors (Lipinski definition) is 2. The molecule has 2 rings (SSSR count). The molecule has 1 aromatic carbocycles. The largest absolute Gasteiger partial charge is 0.395 e. The lowest BCUT2D eigenvalue weighted by atomic mass is 10.0. The molecule has 0 aliphatic carbocycles. The molecule has 5 heteroatoms. The fourth-order valence-electron chi connectivity index (χ4n) is 2.49. The number of carbonyl (C=O) groups is 1. The van der Waals surface area contributed by atoms with Crippen molar-refractivity contribution < 1.29 is 9.90 Å². The quantitative estimate of drug-likeness (QED) is 0.769. The van der Waals surface area contributed by atoms with E-state index in [9.17, 15) is 4.79 Å². The predicted molar refractivity (Wildman–Crippen MR) is 94.6 cm³/mol. The Balaban J connectivity index is 2.29. The first-order chi connectivity index (χ1) is 11.7. The Morgan fingerprint density at radius 3 is 2.83 bits per heavy atom. The molecule has 0 saturated heterocycles. The van der Waals surface area contributed by atoms with E-state index in [-0.39, 0.29) is 25.2 Å². The molecule has 2 amide bonds. The Hall–Kier alpha value is -2.66. The van der Waals surface area contributed by atoms with Crippen molar-refractivity contribution in [2.45, 2.75) is 13.0 Å². The average Bonchev–Trinajstić information content (AvgIpc) is 2.60. The van der Waals surface area contributed by atoms with Crippen molar-refractivity contribution in [1.82, 2.24) is 15.2 Å². The van der Waals surface area contributed by atoms with Gasteiger partial charge in [0.2, 0.25) is 0 Å². The smallest absolute Gasteiger partial charge is 0.318 e. The summed E-state index contributed by atoms with van der Waals surface area (Å²) in [4.78, 5) is 18.5. The first kappa shape index (κ1) is 17.7. The van der Waals surface area contributed by atoms with E-state index in [2.05, 4.69) is 16.9 Å². The number of aliphatic hydroxyl groups is 1. The lowest BCUT2D eigenvalue weighted by molar-refractivity contribution is 0.181. The molecule has 2 aromatic rings. The maximum atomic E-state index is 12.6. The van der Waals surface area contributed by atoms with Gasteiger partial charge in [0.15, 0.2) is 0 Å². The molecule has 24 heavy (non-hydrogen) atoms. The van der Waals surface area contributed by atoms with Crippen LogP contribution >= 0.6 is 0 Å². The molecule has 0 aliphatic rings. The molecule has 1 aromatic heterocycles. The first-order valence-corrected chi connectivity index (χ1v) is 7.90. The summed E-state index contributed by atoms with van der Waals surface area (Å²) < 4.78 is 0. The molecule has 0 aliphatic heterocycles. The summed E-state index contributed by atoms with van der Waals surface area (Å²) in [7, 11) is 0. The molecule has 1 unspecified atom stereocenters. The molecule has 0 bridgehead atoms. The van der Waals surface area contributed by atoms with E-state index < -0.39 is 0 Å². The number of aryl methyl sites for hydroxylation is 1. The number of pyridine rings is 1. The van der Waals surface area contributed by atoms with Gasteiger partial charge in [-0.3, -0.25) is 4.98 Å². The topological polar surface area (TPSA) is 65.5 Å². The van der Waals surface area contributed by atoms with Crippen LogP contribution in [0, 0.1) is 6.92 Å². The molecule has 2 N–H and O–H groups in total. The van der Waals surface area contributed by atoms with E-state index in [1.165, 1.54) is 4.90 Å². The maximum Gasteiger partial charge on any atom is 0.318 e. The van der Waals surface area contributed by atoms with Gasteiger partial charge in [0, 0.05) is 19.3 Å². The Labute approximate surface area is 142 Å². The Bertz CT molecular complexity index is 673. The number of rotatable bonds is 7. The fourth-order valence-corrected chi connectivity index (χ4v) is 2.49. The van der Waals surface area contributed by atoms with E-state index in [1.807, 2.05) is 49.4 Å². The lowest BCUT2D eigenvalue weighted by Crippen LogP contribution is -2.43. The third-order valence-electron chi connectivity index (χ3n) is 3.63. The minimum atomic E-state index is -0.357. The summed E-state index contributed by atoms with van der Waals surface area (Å²) in [6.07, 6.45) is 3.34. The third-order valence-corrected chi connectivity index (χ3v) is 3.63. The highest BCUT2D eigenvalue weighted by molar-refractivity contribution is 5.75. The van der Waals surface area contributed by atoms with E-state index >= 15 is 0 Å². The van der Waals surface area contributed by atoms with Crippen LogP contribution in [-0.2, 0) is 0 Å². The molecule has 126 valence electrons. The zero-order valence-corrected chi connectivity index (χ0v) is 13.9. The molecule has 1 atom stereocenters. The van der Waals surface area contributed by atoms with Crippen molar-refractivity contribution in [2.75, 3.05) is 19.7 Å². The molecule has 0 fully saturated rings. The van der Waals surface area contributed by atoms with Crippen molar-refractivity contribution in [3.63, 3.8) is 0 Å². The number of nitrogens with zero attached hydrogens (tertiary/aromatic N) is 2. The molecule has 0 radical (unpaired) electrons. The standard InChI is InChI=1S/C19H23N3O2/c1-3-11-22(12-13-23)19(24)21-18(17-9-4-5-10-20-17)16-8-6-7-15(2)14-16/h3-10,14,18,23H,1,11-13H2,2H3,(H,21,24). The highest BCUT2D eigenvalue weighted by Gasteiger charge is 2.21. The minimum Gasteiger partial charge on any atom is -0.395 e. The van der Waals surface area contributed by atoms with Gasteiger partial charge < -0.3 is 15.3 Å². The summed E-state index contributed by atoms with van der Waals surface area (Å²) in [6.45, 7) is 6.19. The van der Waals surface area contributed by atoms with Crippen LogP contribution in [0.4, 0.5) is 4.79 Å². The summed E-state index contributed by atoms with van der Waals surface area (Å²) in [5, 5.41) is 12.2. The lowest BCUT2D eigenvalue weighted by Gasteiger charge is -2.25. The summed E-state index contributed by atoms with van der Waals surface area (Å²) in [5.41, 5.74) is 2.84. The average molecular weight is 325 g/mol. The fraction of sp³-hybridized carbons (Fsp3) is 0.263. The highest BCUT2D eigenvalue weighted by atomic mass is 16.3. The molecule has 0 saturated carbocycles. The van der Waals surface area contributed by atoms with Crippen molar-refractivity contribution >= 4 is 6.03 Å². The molecule has 0 spiro atoms. The zero-order chi connectivity index (χ0) is 17.4. The normalized spacial score (nSPS) is 11.6. The Morgan fingerprint density at radius 1 is 1.38 bits per heavy atom. The predicted octanol–water partition coefficient (Wildman–Crippen LogP) is 2.67. The van der Waals surface area contributed by atoms with Crippen molar-refractivity contribution in [2.24, 2.45) is 0 Å². The SMILES string of the molecule is C=CCN(CCO)C(=O)NC(c1cccc(C)c1)c1ccccn1. The van der Waals surface area contributed by atoms with Crippen LogP contribution in [0.2, 0.25) is 0 Å². The molecule has 1 heterocycles. The maximum absolute atomic E-state index is 12.6. The van der Waals surface area contributed by atoms with E-state index in [4.69, 9.17) is 5.11 Å². The van der Waals surface area contributed by atoms with Gasteiger partial charge in [-0.25, -0.2) is 4.79 Å². The van der Waals surface area contributed by atoms with Crippen LogP contribution in [0.15, 0.2) is 61.3 Å². The second kappa shape index (κ2) is 8.84. The monoisotopic (exact) mass is 325 g/mol. The van der Waals surface area contributed by atoms with Gasteiger partial charge in [0.1, 0.15) is 0 Å². The molecular formula is C19H23N3O2. The second-order valence-electron chi connectivity index (χ2n) is 5.51. The summed E-state index contributed by atoms with van der Waals surface area (Å²) in [5.74, 6) is 0. The van der Waals surface area contributed by atoms with Gasteiger partial charge >= 0.3 is 6.03 Å². The van der Waals surface area contributed by atoms with Crippen LogP contribution in [0.1, 0.15) is 22.9 Å². The third kappa shape index (κ3) is 4.67. The van der Waals surface area contributed by atoms with Gasteiger partial charge in [-0.1, -0.05) is 42.0 Å². The summed E-state index contributed by atoms with van der Waals surface area (Å²) in [6, 6.07) is 13.0. The van der Waals surface area contributed by atoms with Crippen LogP contribution in [0.3, 0.4) is 0 Å². The van der Waals surface area contributed by atoms with Gasteiger partial charge in [-0.15, -0.1) is 6.58 Å². The first-order valence-electron chi connectivity index (χ1n) is 7.90. The van der Waals surface area contributed by atoms with Crippen molar-refractivity contribution in [3.05, 3.63) is 78.1 Å². The minimum absolute atomic E-state index is 0.0973. The zero-order valence-electron chi connectivity index (χ0n) is 13.9. The van der Waals surface area contributed by atoms with Gasteiger partial charge in [0.25, 0.3) is 0 Å². The van der Waals surface area contributed by atoms with Crippen LogP contribution in [0.25, 0.3) is 0 Å². The Kier molecular flexibility index (Phi) is 6.51. The van der Waals surface area contributed by atoms with Crippen molar-refractivity contribution in [3.8, 4) is 0 Å². The van der Waals surface area contributed by atoms with Crippen LogP contribution in [0.5, 0.6) is 0 Å². The number of nitrogens with one attached hydrogen (secondary N) is 1. The Morgan fingerprint density at radius 2 is 2.21 bits per heavy atom. The number of urea groups is 1. The number of benzene rings is 1. The second-order valence-corrected chi connectivity index (χ2v) is 5.51. The number of carbonyl (C=O) groups excluding carboxylic acids is 1. The van der Waals surface area contributed by atoms with Gasteiger partial charge in [-0.05, 0) is 24.6 Å². The van der Waals surface area contributed by atoms with Gasteiger partial charge in [-0.2, -0.15) is 0 Å².